The number of amides is 1. The highest BCUT2D eigenvalue weighted by atomic mass is 32.2. The van der Waals surface area contributed by atoms with Crippen molar-refractivity contribution in [2.75, 3.05) is 4.72 Å². The van der Waals surface area contributed by atoms with Gasteiger partial charge in [0, 0.05) is 10.8 Å². The number of hydrogen-bond donors (Lipinski definition) is 2. The van der Waals surface area contributed by atoms with Crippen molar-refractivity contribution in [1.29, 1.82) is 0 Å². The van der Waals surface area contributed by atoms with Crippen molar-refractivity contribution < 1.29 is 13.2 Å². The molecule has 0 heterocycles. The maximum absolute atomic E-state index is 12.9. The maximum atomic E-state index is 12.9. The van der Waals surface area contributed by atoms with Crippen molar-refractivity contribution in [2.45, 2.75) is 38.0 Å². The Morgan fingerprint density at radius 2 is 1.62 bits per heavy atom. The zero-order valence-corrected chi connectivity index (χ0v) is 17.7. The van der Waals surface area contributed by atoms with Gasteiger partial charge >= 0.3 is 0 Å². The Balaban J connectivity index is 1.82. The Kier molecular flexibility index (Phi) is 5.66. The summed E-state index contributed by atoms with van der Waals surface area (Å²) in [5.41, 5.74) is 6.35. The number of hydrogen-bond acceptors (Lipinski definition) is 3. The van der Waals surface area contributed by atoms with Gasteiger partial charge in [0.15, 0.2) is 0 Å². The van der Waals surface area contributed by atoms with Crippen LogP contribution in [0, 0.1) is 5.41 Å². The van der Waals surface area contributed by atoms with Crippen LogP contribution in [0.3, 0.4) is 0 Å². The minimum absolute atomic E-state index is 0.0697. The second kappa shape index (κ2) is 7.87. The van der Waals surface area contributed by atoms with E-state index in [9.17, 15) is 13.2 Å². The average molecular weight is 411 g/mol. The predicted molar refractivity (Wildman–Crippen MR) is 117 cm³/mol. The van der Waals surface area contributed by atoms with Crippen molar-refractivity contribution in [1.82, 2.24) is 0 Å². The van der Waals surface area contributed by atoms with Gasteiger partial charge in [0.2, 0.25) is 5.91 Å². The van der Waals surface area contributed by atoms with Crippen molar-refractivity contribution in [3.8, 4) is 0 Å². The summed E-state index contributed by atoms with van der Waals surface area (Å²) in [5, 5.41) is 1.81. The SMILES string of the molecule is CC(CC(C)(C)C(N)=O)c1ccc(S(=O)(=O)Nc2cccc3ccccc23)cc1. The molecule has 3 aromatic carbocycles. The molecule has 0 aliphatic heterocycles. The van der Waals surface area contributed by atoms with Crippen LogP contribution in [0.25, 0.3) is 10.8 Å². The number of anilines is 1. The van der Waals surface area contributed by atoms with E-state index in [1.807, 2.05) is 57.2 Å². The molecule has 29 heavy (non-hydrogen) atoms. The zero-order valence-electron chi connectivity index (χ0n) is 16.8. The number of carbonyl (C=O) groups excluding carboxylic acids is 1. The number of benzene rings is 3. The Hall–Kier alpha value is -2.86. The molecule has 1 amide bonds. The summed E-state index contributed by atoms with van der Waals surface area (Å²) >= 11 is 0. The molecule has 0 aromatic heterocycles. The fraction of sp³-hybridized carbons (Fsp3) is 0.261. The lowest BCUT2D eigenvalue weighted by Gasteiger charge is -2.25. The number of nitrogens with one attached hydrogen (secondary N) is 1. The number of rotatable bonds is 7. The smallest absolute Gasteiger partial charge is 0.261 e. The van der Waals surface area contributed by atoms with Crippen molar-refractivity contribution in [3.63, 3.8) is 0 Å². The normalized spacial score (nSPS) is 13.2. The van der Waals surface area contributed by atoms with Crippen LogP contribution in [-0.4, -0.2) is 14.3 Å². The topological polar surface area (TPSA) is 89.3 Å². The number of fused-ring (bicyclic) bond motifs is 1. The summed E-state index contributed by atoms with van der Waals surface area (Å²) in [6.45, 7) is 5.64. The van der Waals surface area contributed by atoms with Gasteiger partial charge in [-0.2, -0.15) is 0 Å². The van der Waals surface area contributed by atoms with Crippen LogP contribution in [0.2, 0.25) is 0 Å². The number of primary amides is 1. The first-order valence-electron chi connectivity index (χ1n) is 9.50. The van der Waals surface area contributed by atoms with E-state index in [4.69, 9.17) is 5.73 Å². The second-order valence-corrected chi connectivity index (χ2v) is 9.74. The molecule has 0 aliphatic carbocycles. The number of carbonyl (C=O) groups is 1. The molecular formula is C23H26N2O3S. The first-order chi connectivity index (χ1) is 13.6. The van der Waals surface area contributed by atoms with Gasteiger partial charge in [0.1, 0.15) is 0 Å². The standard InChI is InChI=1S/C23H26N2O3S/c1-16(15-23(2,3)22(24)26)17-11-13-19(14-12-17)29(27,28)25-21-10-6-8-18-7-4-5-9-20(18)21/h4-14,16,25H,15H2,1-3H3,(H2,24,26). The van der Waals surface area contributed by atoms with E-state index in [0.29, 0.717) is 12.1 Å². The van der Waals surface area contributed by atoms with E-state index in [-0.39, 0.29) is 16.7 Å². The quantitative estimate of drug-likeness (QED) is 0.594. The highest BCUT2D eigenvalue weighted by Gasteiger charge is 2.28. The van der Waals surface area contributed by atoms with Crippen LogP contribution in [0.5, 0.6) is 0 Å². The van der Waals surface area contributed by atoms with Crippen LogP contribution < -0.4 is 10.5 Å². The van der Waals surface area contributed by atoms with Gasteiger partial charge in [-0.3, -0.25) is 9.52 Å². The molecule has 3 N–H and O–H groups in total. The molecule has 0 saturated heterocycles. The van der Waals surface area contributed by atoms with Crippen LogP contribution >= 0.6 is 0 Å². The largest absolute Gasteiger partial charge is 0.369 e. The molecule has 1 unspecified atom stereocenters. The first-order valence-corrected chi connectivity index (χ1v) is 11.0. The van der Waals surface area contributed by atoms with Gasteiger partial charge in [-0.15, -0.1) is 0 Å². The summed E-state index contributed by atoms with van der Waals surface area (Å²) in [7, 11) is -3.72. The van der Waals surface area contributed by atoms with E-state index in [1.165, 1.54) is 0 Å². The van der Waals surface area contributed by atoms with Crippen LogP contribution in [0.4, 0.5) is 5.69 Å². The monoisotopic (exact) mass is 410 g/mol. The van der Waals surface area contributed by atoms with Gasteiger partial charge < -0.3 is 5.73 Å². The molecule has 0 saturated carbocycles. The Morgan fingerprint density at radius 3 is 2.28 bits per heavy atom. The Morgan fingerprint density at radius 1 is 1.00 bits per heavy atom. The van der Waals surface area contributed by atoms with Crippen molar-refractivity contribution in [2.24, 2.45) is 11.1 Å². The lowest BCUT2D eigenvalue weighted by Crippen LogP contribution is -2.32. The third kappa shape index (κ3) is 4.59. The van der Waals surface area contributed by atoms with E-state index >= 15 is 0 Å². The molecule has 6 heteroatoms. The molecule has 152 valence electrons. The summed E-state index contributed by atoms with van der Waals surface area (Å²) in [5.74, 6) is -0.275. The Bertz CT molecular complexity index is 1130. The van der Waals surface area contributed by atoms with E-state index in [0.717, 1.165) is 16.3 Å². The zero-order chi connectivity index (χ0) is 21.2. The molecule has 0 aliphatic rings. The molecule has 0 radical (unpaired) electrons. The highest BCUT2D eigenvalue weighted by Crippen LogP contribution is 2.32. The lowest BCUT2D eigenvalue weighted by molar-refractivity contribution is -0.126. The fourth-order valence-electron chi connectivity index (χ4n) is 3.48. The minimum Gasteiger partial charge on any atom is -0.369 e. The first kappa shape index (κ1) is 20.9. The molecule has 3 rings (SSSR count). The molecule has 0 bridgehead atoms. The van der Waals surface area contributed by atoms with Crippen molar-refractivity contribution >= 4 is 32.4 Å². The van der Waals surface area contributed by atoms with Gasteiger partial charge in [0.25, 0.3) is 10.0 Å². The molecular weight excluding hydrogens is 384 g/mol. The van der Waals surface area contributed by atoms with Gasteiger partial charge in [-0.1, -0.05) is 69.3 Å². The third-order valence-electron chi connectivity index (χ3n) is 5.28. The van der Waals surface area contributed by atoms with Crippen molar-refractivity contribution in [3.05, 3.63) is 72.3 Å². The van der Waals surface area contributed by atoms with Gasteiger partial charge in [0.05, 0.1) is 10.6 Å². The van der Waals surface area contributed by atoms with Gasteiger partial charge in [-0.25, -0.2) is 8.42 Å². The molecule has 0 spiro atoms. The summed E-state index contributed by atoms with van der Waals surface area (Å²) < 4.78 is 28.4. The lowest BCUT2D eigenvalue weighted by atomic mass is 9.80. The average Bonchev–Trinajstić information content (AvgIpc) is 2.68. The number of sulfonamides is 1. The summed E-state index contributed by atoms with van der Waals surface area (Å²) in [6.07, 6.45) is 0.586. The molecule has 3 aromatic rings. The summed E-state index contributed by atoms with van der Waals surface area (Å²) in [4.78, 5) is 11.8. The van der Waals surface area contributed by atoms with E-state index in [2.05, 4.69) is 4.72 Å². The fourth-order valence-corrected chi connectivity index (χ4v) is 4.56. The second-order valence-electron chi connectivity index (χ2n) is 8.05. The highest BCUT2D eigenvalue weighted by molar-refractivity contribution is 7.92. The van der Waals surface area contributed by atoms with Crippen LogP contribution in [0.15, 0.2) is 71.6 Å². The predicted octanol–water partition coefficient (Wildman–Crippen LogP) is 4.65. The molecule has 1 atom stereocenters. The molecule has 0 fully saturated rings. The number of nitrogens with two attached hydrogens (primary N) is 1. The maximum Gasteiger partial charge on any atom is 0.261 e. The van der Waals surface area contributed by atoms with E-state index in [1.54, 1.807) is 30.3 Å². The minimum atomic E-state index is -3.72. The molecule has 5 nitrogen and oxygen atoms in total. The van der Waals surface area contributed by atoms with Gasteiger partial charge in [-0.05, 0) is 41.5 Å². The Labute approximate surface area is 172 Å². The van der Waals surface area contributed by atoms with Crippen LogP contribution in [0.1, 0.15) is 38.7 Å². The van der Waals surface area contributed by atoms with E-state index < -0.39 is 15.4 Å². The van der Waals surface area contributed by atoms with Crippen LogP contribution in [-0.2, 0) is 14.8 Å². The summed E-state index contributed by atoms with van der Waals surface area (Å²) in [6, 6.07) is 19.9. The third-order valence-corrected chi connectivity index (χ3v) is 6.66.